The van der Waals surface area contributed by atoms with E-state index in [1.54, 1.807) is 4.90 Å². The summed E-state index contributed by atoms with van der Waals surface area (Å²) in [7, 11) is 0. The Labute approximate surface area is 70.9 Å². The third-order valence-electron chi connectivity index (χ3n) is 2.61. The molecular weight excluding hydrogens is 156 g/mol. The molecule has 0 radical (unpaired) electrons. The van der Waals surface area contributed by atoms with Crippen molar-refractivity contribution in [3.8, 4) is 0 Å². The highest BCUT2D eigenvalue weighted by molar-refractivity contribution is 6.04. The van der Waals surface area contributed by atoms with Crippen LogP contribution in [0.25, 0.3) is 0 Å². The molecule has 4 heteroatoms. The molecule has 0 spiro atoms. The van der Waals surface area contributed by atoms with Gasteiger partial charge in [0.05, 0.1) is 0 Å². The van der Waals surface area contributed by atoms with Crippen molar-refractivity contribution in [3.05, 3.63) is 0 Å². The summed E-state index contributed by atoms with van der Waals surface area (Å²) in [5.74, 6) is 0.407. The van der Waals surface area contributed by atoms with E-state index < -0.39 is 0 Å². The summed E-state index contributed by atoms with van der Waals surface area (Å²) in [5, 5.41) is 2.33. The van der Waals surface area contributed by atoms with Gasteiger partial charge in [-0.15, -0.1) is 0 Å². The monoisotopic (exact) mass is 168 g/mol. The topological polar surface area (TPSA) is 49.4 Å². The van der Waals surface area contributed by atoms with Crippen molar-refractivity contribution in [1.82, 2.24) is 10.2 Å². The van der Waals surface area contributed by atoms with E-state index in [4.69, 9.17) is 0 Å². The van der Waals surface area contributed by atoms with E-state index in [9.17, 15) is 9.59 Å². The van der Waals surface area contributed by atoms with Crippen LogP contribution >= 0.6 is 0 Å². The van der Waals surface area contributed by atoms with Gasteiger partial charge < -0.3 is 4.90 Å². The average Bonchev–Trinajstić information content (AvgIpc) is 2.28. The van der Waals surface area contributed by atoms with Crippen LogP contribution in [0.3, 0.4) is 0 Å². The van der Waals surface area contributed by atoms with E-state index in [1.165, 1.54) is 0 Å². The molecule has 4 nitrogen and oxygen atoms in total. The van der Waals surface area contributed by atoms with Crippen LogP contribution in [-0.2, 0) is 4.79 Å². The Balaban J connectivity index is 2.17. The van der Waals surface area contributed by atoms with E-state index in [2.05, 4.69) is 12.2 Å². The summed E-state index contributed by atoms with van der Waals surface area (Å²) in [4.78, 5) is 24.0. The van der Waals surface area contributed by atoms with Crippen LogP contribution in [0.5, 0.6) is 0 Å². The predicted octanol–water partition coefficient (Wildman–Crippen LogP) is 0.337. The van der Waals surface area contributed by atoms with Gasteiger partial charge in [0.25, 0.3) is 5.91 Å². The molecule has 3 amide bonds. The highest BCUT2D eigenvalue weighted by Crippen LogP contribution is 2.24. The van der Waals surface area contributed by atoms with E-state index in [-0.39, 0.29) is 18.0 Å². The third kappa shape index (κ3) is 0.983. The Bertz CT molecular complexity index is 239. The lowest BCUT2D eigenvalue weighted by Gasteiger charge is -2.30. The zero-order chi connectivity index (χ0) is 8.72. The molecule has 1 N–H and O–H groups in total. The van der Waals surface area contributed by atoms with Gasteiger partial charge in [-0.3, -0.25) is 10.1 Å². The molecule has 66 valence electrons. The molecule has 2 saturated heterocycles. The number of hydrogen-bond acceptors (Lipinski definition) is 2. The fourth-order valence-electron chi connectivity index (χ4n) is 1.91. The lowest BCUT2D eigenvalue weighted by molar-refractivity contribution is -0.122. The van der Waals surface area contributed by atoms with E-state index in [1.807, 2.05) is 0 Å². The fraction of sp³-hybridized carbons (Fsp3) is 0.750. The van der Waals surface area contributed by atoms with E-state index >= 15 is 0 Å². The second-order valence-corrected chi connectivity index (χ2v) is 3.65. The molecule has 2 atom stereocenters. The first-order valence-electron chi connectivity index (χ1n) is 4.30. The zero-order valence-corrected chi connectivity index (χ0v) is 7.04. The van der Waals surface area contributed by atoms with Crippen LogP contribution in [0, 0.1) is 5.92 Å². The molecule has 2 heterocycles. The smallest absolute Gasteiger partial charge is 0.312 e. The summed E-state index contributed by atoms with van der Waals surface area (Å²) in [6, 6.07) is -0.384. The highest BCUT2D eigenvalue weighted by atomic mass is 16.2. The van der Waals surface area contributed by atoms with Crippen LogP contribution in [0.4, 0.5) is 4.79 Å². The highest BCUT2D eigenvalue weighted by Gasteiger charge is 2.41. The van der Waals surface area contributed by atoms with Gasteiger partial charge in [-0.1, -0.05) is 6.92 Å². The van der Waals surface area contributed by atoms with E-state index in [0.29, 0.717) is 5.92 Å². The first-order chi connectivity index (χ1) is 5.68. The van der Waals surface area contributed by atoms with Crippen LogP contribution in [0.2, 0.25) is 0 Å². The summed E-state index contributed by atoms with van der Waals surface area (Å²) in [6.07, 6.45) is 1.86. The number of fused-ring (bicyclic) bond motifs is 1. The van der Waals surface area contributed by atoms with Crippen LogP contribution in [0.15, 0.2) is 0 Å². The Kier molecular flexibility index (Phi) is 1.56. The summed E-state index contributed by atoms with van der Waals surface area (Å²) in [6.45, 7) is 2.83. The number of carbonyl (C=O) groups is 2. The molecule has 0 bridgehead atoms. The Morgan fingerprint density at radius 2 is 2.17 bits per heavy atom. The van der Waals surface area contributed by atoms with Gasteiger partial charge in [0.2, 0.25) is 0 Å². The Morgan fingerprint density at radius 3 is 2.92 bits per heavy atom. The number of piperidine rings is 1. The number of nitrogens with zero attached hydrogens (tertiary/aromatic N) is 1. The van der Waals surface area contributed by atoms with Crippen molar-refractivity contribution in [2.75, 3.05) is 6.54 Å². The van der Waals surface area contributed by atoms with Gasteiger partial charge in [-0.05, 0) is 18.8 Å². The maximum absolute atomic E-state index is 11.2. The number of amides is 3. The molecule has 0 saturated carbocycles. The Morgan fingerprint density at radius 1 is 1.42 bits per heavy atom. The first-order valence-corrected chi connectivity index (χ1v) is 4.30. The number of imide groups is 1. The lowest BCUT2D eigenvalue weighted by atomic mass is 9.95. The standard InChI is InChI=1S/C8H12N2O2/c1-5-2-3-6-7(11)9-8(12)10(6)4-5/h5-6H,2-4H2,1H3,(H,9,11,12)/t5-,6-/m0/s1. The summed E-state index contributed by atoms with van der Waals surface area (Å²) < 4.78 is 0. The predicted molar refractivity (Wildman–Crippen MR) is 42.4 cm³/mol. The molecule has 0 aliphatic carbocycles. The van der Waals surface area contributed by atoms with Crippen molar-refractivity contribution in [3.63, 3.8) is 0 Å². The molecule has 2 aliphatic rings. The minimum atomic E-state index is -0.212. The van der Waals surface area contributed by atoms with Crippen molar-refractivity contribution in [2.24, 2.45) is 5.92 Å². The van der Waals surface area contributed by atoms with Gasteiger partial charge in [0, 0.05) is 6.54 Å². The fourth-order valence-corrected chi connectivity index (χ4v) is 1.91. The number of carbonyl (C=O) groups excluding carboxylic acids is 2. The van der Waals surface area contributed by atoms with E-state index in [0.717, 1.165) is 19.4 Å². The van der Waals surface area contributed by atoms with Gasteiger partial charge in [-0.25, -0.2) is 4.79 Å². The second kappa shape index (κ2) is 2.47. The SMILES string of the molecule is C[C@H]1CC[C@H]2C(=O)NC(=O)N2C1. The second-order valence-electron chi connectivity index (χ2n) is 3.65. The number of urea groups is 1. The average molecular weight is 168 g/mol. The normalized spacial score (nSPS) is 34.9. The first kappa shape index (κ1) is 7.58. The summed E-state index contributed by atoms with van der Waals surface area (Å²) >= 11 is 0. The maximum Gasteiger partial charge on any atom is 0.324 e. The minimum Gasteiger partial charge on any atom is -0.312 e. The number of hydrogen-bond donors (Lipinski definition) is 1. The van der Waals surface area contributed by atoms with Gasteiger partial charge >= 0.3 is 6.03 Å². The third-order valence-corrected chi connectivity index (χ3v) is 2.61. The van der Waals surface area contributed by atoms with Crippen molar-refractivity contribution < 1.29 is 9.59 Å². The summed E-state index contributed by atoms with van der Waals surface area (Å²) in [5.41, 5.74) is 0. The molecule has 0 aromatic carbocycles. The largest absolute Gasteiger partial charge is 0.324 e. The molecule has 0 unspecified atom stereocenters. The Hall–Kier alpha value is -1.06. The quantitative estimate of drug-likeness (QED) is 0.530. The van der Waals surface area contributed by atoms with Crippen molar-refractivity contribution in [1.29, 1.82) is 0 Å². The number of nitrogens with one attached hydrogen (secondary N) is 1. The van der Waals surface area contributed by atoms with Crippen LogP contribution < -0.4 is 5.32 Å². The molecule has 2 fully saturated rings. The molecule has 12 heavy (non-hydrogen) atoms. The van der Waals surface area contributed by atoms with Crippen LogP contribution in [0.1, 0.15) is 19.8 Å². The minimum absolute atomic E-state index is 0.119. The van der Waals surface area contributed by atoms with Crippen LogP contribution in [-0.4, -0.2) is 29.4 Å². The zero-order valence-electron chi connectivity index (χ0n) is 7.04. The van der Waals surface area contributed by atoms with Gasteiger partial charge in [-0.2, -0.15) is 0 Å². The van der Waals surface area contributed by atoms with Gasteiger partial charge in [0.1, 0.15) is 6.04 Å². The van der Waals surface area contributed by atoms with Gasteiger partial charge in [0.15, 0.2) is 0 Å². The van der Waals surface area contributed by atoms with Crippen molar-refractivity contribution in [2.45, 2.75) is 25.8 Å². The molecule has 0 aromatic heterocycles. The maximum atomic E-state index is 11.2. The number of rotatable bonds is 0. The molecular formula is C8H12N2O2. The molecule has 2 aliphatic heterocycles. The lowest BCUT2D eigenvalue weighted by Crippen LogP contribution is -2.42. The molecule has 2 rings (SSSR count). The molecule has 0 aromatic rings. The van der Waals surface area contributed by atoms with Crippen molar-refractivity contribution >= 4 is 11.9 Å².